The lowest BCUT2D eigenvalue weighted by Crippen LogP contribution is -2.63. The molecule has 1 rings (SSSR count). The van der Waals surface area contributed by atoms with Crippen LogP contribution in [0.3, 0.4) is 0 Å². The van der Waals surface area contributed by atoms with Gasteiger partial charge in [0.25, 0.3) is 3.79 Å². The molecule has 0 amide bonds. The van der Waals surface area contributed by atoms with Crippen molar-refractivity contribution >= 4 is 64.6 Å². The second-order valence-corrected chi connectivity index (χ2v) is 8.58. The molecule has 182 valence electrons. The number of hydrogen-bond acceptors (Lipinski definition) is 12. The van der Waals surface area contributed by atoms with Crippen LogP contribution in [0.15, 0.2) is 0 Å². The topological polar surface area (TPSA) is 157 Å². The second-order valence-electron chi connectivity index (χ2n) is 6.30. The summed E-state index contributed by atoms with van der Waals surface area (Å²) in [7, 11) is 1.15. The van der Waals surface area contributed by atoms with Gasteiger partial charge in [-0.2, -0.15) is 0 Å². The van der Waals surface area contributed by atoms with E-state index in [0.717, 1.165) is 27.9 Å². The van der Waals surface area contributed by atoms with E-state index in [1.807, 2.05) is 0 Å². The zero-order valence-corrected chi connectivity index (χ0v) is 19.7. The smallest absolute Gasteiger partial charge is 0.331 e. The van der Waals surface area contributed by atoms with Crippen LogP contribution in [0.1, 0.15) is 20.8 Å². The minimum atomic E-state index is -2.30. The number of nitrogens with one attached hydrogen (secondary N) is 1. The zero-order valence-electron chi connectivity index (χ0n) is 17.4. The molecule has 1 fully saturated rings. The fourth-order valence-electron chi connectivity index (χ4n) is 2.58. The van der Waals surface area contributed by atoms with Crippen molar-refractivity contribution < 1.29 is 52.3 Å². The van der Waals surface area contributed by atoms with E-state index >= 15 is 0 Å². The molecule has 1 heterocycles. The van der Waals surface area contributed by atoms with Crippen molar-refractivity contribution in [2.45, 2.75) is 55.3 Å². The highest BCUT2D eigenvalue weighted by molar-refractivity contribution is 6.76. The number of methoxy groups -OCH3 is 1. The van der Waals surface area contributed by atoms with Gasteiger partial charge in [0.15, 0.2) is 12.2 Å². The minimum Gasteiger partial charge on any atom is -0.467 e. The largest absolute Gasteiger partial charge is 0.467 e. The maximum atomic E-state index is 11.7. The van der Waals surface area contributed by atoms with Crippen LogP contribution in [0.5, 0.6) is 0 Å². The average molecular weight is 523 g/mol. The third-order valence-electron chi connectivity index (χ3n) is 3.72. The molecule has 0 aliphatic carbocycles. The molecule has 0 unspecified atom stereocenters. The zero-order chi connectivity index (χ0) is 24.6. The molecular weight excluding hydrogens is 501 g/mol. The van der Waals surface area contributed by atoms with Crippen LogP contribution in [0.2, 0.25) is 0 Å². The monoisotopic (exact) mass is 521 g/mol. The van der Waals surface area contributed by atoms with Crippen LogP contribution in [0.25, 0.3) is 0 Å². The Morgan fingerprint density at radius 1 is 0.875 bits per heavy atom. The normalized spacial score (nSPS) is 25.3. The van der Waals surface area contributed by atoms with Crippen molar-refractivity contribution in [3.8, 4) is 0 Å². The highest BCUT2D eigenvalue weighted by Crippen LogP contribution is 2.33. The maximum absolute atomic E-state index is 11.7. The molecular formula is C17H22Cl3NO11. The molecule has 1 saturated heterocycles. The summed E-state index contributed by atoms with van der Waals surface area (Å²) in [6.07, 6.45) is -7.24. The first-order valence-corrected chi connectivity index (χ1v) is 10.0. The lowest BCUT2D eigenvalue weighted by molar-refractivity contribution is -0.293. The van der Waals surface area contributed by atoms with Crippen LogP contribution in [-0.4, -0.2) is 84.6 Å². The molecule has 0 radical (unpaired) electrons. The number of halogens is 3. The SMILES string of the molecule is COC(=O)COC[C@H]1O[C@H](OC(=N)C(Cl)(Cl)Cl)[C@H](OC(C)=O)[C@@H](OC(C)=O)[C@H]1OC(C)=O. The predicted molar refractivity (Wildman–Crippen MR) is 107 cm³/mol. The Bertz CT molecular complexity index is 727. The van der Waals surface area contributed by atoms with E-state index in [9.17, 15) is 19.2 Å². The van der Waals surface area contributed by atoms with E-state index in [1.165, 1.54) is 0 Å². The fraction of sp³-hybridized carbons (Fsp3) is 0.706. The van der Waals surface area contributed by atoms with E-state index in [4.69, 9.17) is 68.6 Å². The van der Waals surface area contributed by atoms with Crippen molar-refractivity contribution in [2.24, 2.45) is 0 Å². The van der Waals surface area contributed by atoms with Gasteiger partial charge in [-0.05, 0) is 0 Å². The molecule has 0 saturated carbocycles. The Balaban J connectivity index is 3.32. The Morgan fingerprint density at radius 2 is 1.38 bits per heavy atom. The van der Waals surface area contributed by atoms with Crippen LogP contribution >= 0.6 is 34.8 Å². The molecule has 15 heteroatoms. The van der Waals surface area contributed by atoms with Crippen LogP contribution < -0.4 is 0 Å². The van der Waals surface area contributed by atoms with Gasteiger partial charge in [-0.1, -0.05) is 34.8 Å². The van der Waals surface area contributed by atoms with Crippen LogP contribution in [-0.2, 0) is 52.3 Å². The van der Waals surface area contributed by atoms with Gasteiger partial charge in [0.2, 0.25) is 18.3 Å². The highest BCUT2D eigenvalue weighted by atomic mass is 35.6. The van der Waals surface area contributed by atoms with Gasteiger partial charge in [0, 0.05) is 20.8 Å². The summed E-state index contributed by atoms with van der Waals surface area (Å²) in [6, 6.07) is 0. The molecule has 0 aromatic carbocycles. The summed E-state index contributed by atoms with van der Waals surface area (Å²) in [5.41, 5.74) is 0. The minimum absolute atomic E-state index is 0.390. The van der Waals surface area contributed by atoms with Crippen molar-refractivity contribution in [1.29, 1.82) is 5.41 Å². The van der Waals surface area contributed by atoms with E-state index in [2.05, 4.69) is 4.74 Å². The summed E-state index contributed by atoms with van der Waals surface area (Å²) >= 11 is 16.9. The standard InChI is InChI=1S/C17H22Cl3NO11/c1-7(22)28-12-10(5-27-6-11(25)26-4)31-15(32-16(21)17(18,19)20)14(30-9(3)24)13(12)29-8(2)23/h10,12-15,21H,5-6H2,1-4H3/t10-,12+,13+,14-,15-/m1/s1. The van der Waals surface area contributed by atoms with Gasteiger partial charge >= 0.3 is 23.9 Å². The van der Waals surface area contributed by atoms with Gasteiger partial charge in [-0.3, -0.25) is 19.8 Å². The quantitative estimate of drug-likeness (QED) is 0.160. The van der Waals surface area contributed by atoms with E-state index in [1.54, 1.807) is 0 Å². The first-order valence-electron chi connectivity index (χ1n) is 8.90. The lowest BCUT2D eigenvalue weighted by atomic mass is 9.98. The van der Waals surface area contributed by atoms with Gasteiger partial charge in [-0.15, -0.1) is 0 Å². The Labute approximate surface area is 198 Å². The average Bonchev–Trinajstić information content (AvgIpc) is 2.65. The van der Waals surface area contributed by atoms with Gasteiger partial charge in [0.05, 0.1) is 13.7 Å². The molecule has 0 spiro atoms. The first kappa shape index (κ1) is 28.2. The Hall–Kier alpha value is -1.86. The van der Waals surface area contributed by atoms with Crippen molar-refractivity contribution in [2.75, 3.05) is 20.3 Å². The van der Waals surface area contributed by atoms with Gasteiger partial charge < -0.3 is 33.2 Å². The summed E-state index contributed by atoms with van der Waals surface area (Å²) in [4.78, 5) is 46.4. The molecule has 32 heavy (non-hydrogen) atoms. The Kier molecular flexibility index (Phi) is 10.9. The lowest BCUT2D eigenvalue weighted by Gasteiger charge is -2.44. The molecule has 0 aromatic heterocycles. The molecule has 5 atom stereocenters. The number of ether oxygens (including phenoxy) is 7. The van der Waals surface area contributed by atoms with Crippen LogP contribution in [0.4, 0.5) is 0 Å². The molecule has 1 aliphatic heterocycles. The molecule has 1 N–H and O–H groups in total. The number of alkyl halides is 3. The maximum Gasteiger partial charge on any atom is 0.331 e. The molecule has 0 bridgehead atoms. The second kappa shape index (κ2) is 12.4. The van der Waals surface area contributed by atoms with Gasteiger partial charge in [-0.25, -0.2) is 4.79 Å². The van der Waals surface area contributed by atoms with Crippen molar-refractivity contribution in [1.82, 2.24) is 0 Å². The molecule has 1 aliphatic rings. The van der Waals surface area contributed by atoms with Crippen molar-refractivity contribution in [3.63, 3.8) is 0 Å². The summed E-state index contributed by atoms with van der Waals surface area (Å²) in [5, 5.41) is 7.78. The number of carbonyl (C=O) groups is 4. The number of carbonyl (C=O) groups excluding carboxylic acids is 4. The van der Waals surface area contributed by atoms with Gasteiger partial charge in [0.1, 0.15) is 12.7 Å². The third kappa shape index (κ3) is 8.94. The number of esters is 4. The van der Waals surface area contributed by atoms with Crippen molar-refractivity contribution in [3.05, 3.63) is 0 Å². The third-order valence-corrected chi connectivity index (χ3v) is 4.23. The fourth-order valence-corrected chi connectivity index (χ4v) is 2.72. The number of rotatable bonds is 8. The molecule has 0 aromatic rings. The predicted octanol–water partition coefficient (Wildman–Crippen LogP) is 1.06. The summed E-state index contributed by atoms with van der Waals surface area (Å²) in [6.45, 7) is 2.32. The Morgan fingerprint density at radius 3 is 1.84 bits per heavy atom. The van der Waals surface area contributed by atoms with E-state index < -0.39 is 77.5 Å². The van der Waals surface area contributed by atoms with Crippen LogP contribution in [0, 0.1) is 5.41 Å². The highest BCUT2D eigenvalue weighted by Gasteiger charge is 2.54. The summed E-state index contributed by atoms with van der Waals surface area (Å²) in [5.74, 6) is -4.05. The van der Waals surface area contributed by atoms with E-state index in [-0.39, 0.29) is 0 Å². The number of hydrogen-bond donors (Lipinski definition) is 1. The van der Waals surface area contributed by atoms with E-state index in [0.29, 0.717) is 0 Å². The summed E-state index contributed by atoms with van der Waals surface area (Å²) < 4.78 is 33.8. The molecule has 12 nitrogen and oxygen atoms in total. The first-order chi connectivity index (χ1) is 14.8.